The van der Waals surface area contributed by atoms with Crippen molar-refractivity contribution in [1.29, 1.82) is 5.26 Å². The summed E-state index contributed by atoms with van der Waals surface area (Å²) >= 11 is 0. The highest BCUT2D eigenvalue weighted by Crippen LogP contribution is 2.46. The second kappa shape index (κ2) is 20.5. The zero-order chi connectivity index (χ0) is 55.1. The highest BCUT2D eigenvalue weighted by atomic mass is 16.5. The number of phenols is 3. The van der Waals surface area contributed by atoms with E-state index in [1.165, 1.54) is 4.57 Å². The zero-order valence-electron chi connectivity index (χ0n) is 43.0. The summed E-state index contributed by atoms with van der Waals surface area (Å²) < 4.78 is 20.8. The predicted octanol–water partition coefficient (Wildman–Crippen LogP) is 12.7. The molecule has 18 heteroatoms. The molecule has 12 rings (SSSR count). The van der Waals surface area contributed by atoms with Crippen LogP contribution in [0.4, 0.5) is 4.79 Å². The number of nitriles is 1. The van der Waals surface area contributed by atoms with Gasteiger partial charge in [0.05, 0.1) is 67.4 Å². The smallest absolute Gasteiger partial charge is 0.323 e. The van der Waals surface area contributed by atoms with E-state index >= 15 is 0 Å². The lowest BCUT2D eigenvalue weighted by Gasteiger charge is -2.11. The number of rotatable bonds is 6. The molecule has 1 amide bonds. The molecular weight excluding hydrogens is 989 g/mol. The van der Waals surface area contributed by atoms with Crippen LogP contribution in [0.25, 0.3) is 99.9 Å². The van der Waals surface area contributed by atoms with E-state index in [1.54, 1.807) is 52.5 Å². The van der Waals surface area contributed by atoms with Gasteiger partial charge >= 0.3 is 6.03 Å². The van der Waals surface area contributed by atoms with Crippen molar-refractivity contribution >= 4 is 44.7 Å². The van der Waals surface area contributed by atoms with Crippen LogP contribution < -0.4 is 11.5 Å². The Balaban J connectivity index is 0.000000132. The molecular formula is C60H50N10O8. The number of primary amides is 1. The first kappa shape index (κ1) is 50.7. The van der Waals surface area contributed by atoms with Crippen LogP contribution in [0.5, 0.6) is 17.2 Å². The maximum atomic E-state index is 12.3. The quantitative estimate of drug-likeness (QED) is 0.0392. The van der Waals surface area contributed by atoms with Gasteiger partial charge in [0.15, 0.2) is 6.19 Å². The number of aromatic hydroxyl groups is 3. The predicted molar refractivity (Wildman–Crippen MR) is 297 cm³/mol. The number of para-hydroxylation sites is 3. The van der Waals surface area contributed by atoms with Crippen molar-refractivity contribution in [3.8, 4) is 90.6 Å². The first-order chi connectivity index (χ1) is 37.6. The molecule has 0 saturated carbocycles. The molecule has 0 atom stereocenters. The van der Waals surface area contributed by atoms with Gasteiger partial charge in [-0.2, -0.15) is 5.26 Å². The average molecular weight is 1040 g/mol. The molecule has 78 heavy (non-hydrogen) atoms. The van der Waals surface area contributed by atoms with Gasteiger partial charge in [-0.15, -0.1) is 0 Å². The van der Waals surface area contributed by atoms with Crippen LogP contribution in [-0.2, 0) is 0 Å². The standard InChI is InChI=1S/C20H18N4O3.C20H17N3O3.C20H15N3O2/c1-11-17(12(2)27-23-11)19-18(13-7-9-14(25)10-8-13)15-5-3-4-6-16(15)24(19)20(21)22-26;1-11-17(12(2)26-22-11)19-18(13-7-9-14(24)10-8-13)15-5-3-4-6-16(15)23(19)20(21)25;1-12-18(13(2)25-22-12)20-19(14-7-9-15(24)10-8-14)16-5-3-4-6-17(16)23(20)11-21/h3-10,25-26H,1-2H3,(H2,21,22);3-10,24H,1-2H3,(H2,21,25);3-10,24H,1-2H3. The Labute approximate surface area is 445 Å². The monoisotopic (exact) mass is 1040 g/mol. The lowest BCUT2D eigenvalue weighted by molar-refractivity contribution is 0.251. The first-order valence-corrected chi connectivity index (χ1v) is 24.4. The minimum absolute atomic E-state index is 0.0637. The van der Waals surface area contributed by atoms with E-state index in [2.05, 4.69) is 26.8 Å². The molecule has 0 spiro atoms. The first-order valence-electron chi connectivity index (χ1n) is 24.4. The van der Waals surface area contributed by atoms with Crippen molar-refractivity contribution in [1.82, 2.24) is 29.2 Å². The molecule has 0 bridgehead atoms. The summed E-state index contributed by atoms with van der Waals surface area (Å²) in [5.74, 6) is 2.38. The topological polar surface area (TPSA) is 279 Å². The largest absolute Gasteiger partial charge is 0.508 e. The van der Waals surface area contributed by atoms with E-state index in [-0.39, 0.29) is 23.2 Å². The van der Waals surface area contributed by atoms with Gasteiger partial charge in [0.25, 0.3) is 0 Å². The van der Waals surface area contributed by atoms with Crippen molar-refractivity contribution < 1.29 is 38.9 Å². The summed E-state index contributed by atoms with van der Waals surface area (Å²) in [5, 5.41) is 66.3. The molecule has 0 unspecified atom stereocenters. The van der Waals surface area contributed by atoms with Crippen molar-refractivity contribution in [2.24, 2.45) is 16.6 Å². The zero-order valence-corrected chi connectivity index (χ0v) is 43.0. The van der Waals surface area contributed by atoms with E-state index in [0.717, 1.165) is 88.7 Å². The molecule has 0 saturated heterocycles. The van der Waals surface area contributed by atoms with Gasteiger partial charge in [-0.25, -0.2) is 9.36 Å². The maximum absolute atomic E-state index is 12.3. The third-order valence-corrected chi connectivity index (χ3v) is 13.6. The molecule has 0 fully saturated rings. The van der Waals surface area contributed by atoms with Crippen molar-refractivity contribution in [2.45, 2.75) is 41.5 Å². The molecule has 6 heterocycles. The van der Waals surface area contributed by atoms with Gasteiger partial charge in [-0.3, -0.25) is 9.13 Å². The van der Waals surface area contributed by atoms with E-state index in [1.807, 2.05) is 144 Å². The highest BCUT2D eigenvalue weighted by Gasteiger charge is 2.29. The SMILES string of the molecule is Cc1noc(C)c1-c1c(-c2ccc(O)cc2)c2ccccc2n1C#N.Cc1noc(C)c1-c1c(-c2ccc(O)cc2)c2ccccc2n1C(N)=NO.Cc1noc(C)c1-c1c(-c2ccc(O)cc2)c2ccccc2n1C(N)=O. The Hall–Kier alpha value is -10.8. The van der Waals surface area contributed by atoms with Crippen LogP contribution in [0.1, 0.15) is 34.4 Å². The molecule has 8 N–H and O–H groups in total. The number of nitrogens with two attached hydrogens (primary N) is 2. The fraction of sp³-hybridized carbons (Fsp3) is 0.100. The van der Waals surface area contributed by atoms with Gasteiger partial charge in [0.1, 0.15) is 34.5 Å². The van der Waals surface area contributed by atoms with Crippen LogP contribution in [0, 0.1) is 53.0 Å². The van der Waals surface area contributed by atoms with E-state index < -0.39 is 6.03 Å². The molecule has 388 valence electrons. The minimum Gasteiger partial charge on any atom is -0.508 e. The number of phenolic OH excluding ortho intramolecular Hbond substituents is 3. The van der Waals surface area contributed by atoms with Crippen molar-refractivity contribution in [2.75, 3.05) is 0 Å². The van der Waals surface area contributed by atoms with Crippen LogP contribution >= 0.6 is 0 Å². The Morgan fingerprint density at radius 2 is 0.795 bits per heavy atom. The maximum Gasteiger partial charge on any atom is 0.323 e. The number of amides is 1. The number of carbonyl (C=O) groups excluding carboxylic acids is 1. The number of aryl methyl sites for hydroxylation is 6. The number of oxime groups is 1. The summed E-state index contributed by atoms with van der Waals surface area (Å²) in [5.41, 5.74) is 25.9. The molecule has 6 aromatic carbocycles. The summed E-state index contributed by atoms with van der Waals surface area (Å²) in [7, 11) is 0. The number of fused-ring (bicyclic) bond motifs is 3. The van der Waals surface area contributed by atoms with Crippen LogP contribution in [0.3, 0.4) is 0 Å². The lowest BCUT2D eigenvalue weighted by Crippen LogP contribution is -2.23. The number of nitrogens with zero attached hydrogens (tertiary/aromatic N) is 8. The van der Waals surface area contributed by atoms with Crippen LogP contribution in [0.15, 0.2) is 164 Å². The fourth-order valence-corrected chi connectivity index (χ4v) is 10.3. The third kappa shape index (κ3) is 8.75. The van der Waals surface area contributed by atoms with Crippen molar-refractivity contribution in [3.05, 3.63) is 180 Å². The van der Waals surface area contributed by atoms with E-state index in [9.17, 15) is 30.6 Å². The number of aromatic nitrogens is 6. The summed E-state index contributed by atoms with van der Waals surface area (Å²) in [6.07, 6.45) is 2.28. The second-order valence-electron chi connectivity index (χ2n) is 18.4. The van der Waals surface area contributed by atoms with Crippen molar-refractivity contribution in [3.63, 3.8) is 0 Å². The van der Waals surface area contributed by atoms with Crippen LogP contribution in [-0.4, -0.2) is 61.7 Å². The summed E-state index contributed by atoms with van der Waals surface area (Å²) in [6, 6.07) is 43.2. The van der Waals surface area contributed by atoms with Gasteiger partial charge < -0.3 is 45.6 Å². The molecule has 0 radical (unpaired) electrons. The van der Waals surface area contributed by atoms with Gasteiger partial charge in [0.2, 0.25) is 5.96 Å². The number of carbonyl (C=O) groups is 1. The number of hydrogen-bond donors (Lipinski definition) is 6. The van der Waals surface area contributed by atoms with Gasteiger partial charge in [-0.05, 0) is 113 Å². The molecule has 0 aliphatic heterocycles. The molecule has 0 aliphatic carbocycles. The lowest BCUT2D eigenvalue weighted by atomic mass is 9.97. The molecule has 18 nitrogen and oxygen atoms in total. The number of benzene rings is 6. The Morgan fingerprint density at radius 1 is 0.474 bits per heavy atom. The third-order valence-electron chi connectivity index (χ3n) is 13.6. The normalized spacial score (nSPS) is 11.4. The second-order valence-corrected chi connectivity index (χ2v) is 18.4. The molecule has 6 aromatic heterocycles. The minimum atomic E-state index is -0.582. The Morgan fingerprint density at radius 3 is 1.14 bits per heavy atom. The fourth-order valence-electron chi connectivity index (χ4n) is 10.3. The van der Waals surface area contributed by atoms with Gasteiger partial charge in [-0.1, -0.05) is 112 Å². The molecule has 0 aliphatic rings. The highest BCUT2D eigenvalue weighted by molar-refractivity contribution is 6.12. The number of hydrogen-bond acceptors (Lipinski definition) is 13. The average Bonchev–Trinajstić information content (AvgIpc) is 4.31. The van der Waals surface area contributed by atoms with E-state index in [4.69, 9.17) is 25.0 Å². The molecule has 12 aromatic rings. The van der Waals surface area contributed by atoms with Gasteiger partial charge in [0, 0.05) is 32.8 Å². The summed E-state index contributed by atoms with van der Waals surface area (Å²) in [4.78, 5) is 12.3. The Bertz CT molecular complexity index is 4260. The van der Waals surface area contributed by atoms with Crippen LogP contribution in [0.2, 0.25) is 0 Å². The summed E-state index contributed by atoms with van der Waals surface area (Å²) in [6.45, 7) is 11.0. The van der Waals surface area contributed by atoms with E-state index in [0.29, 0.717) is 45.6 Å². The Kier molecular flexibility index (Phi) is 13.3.